The van der Waals surface area contributed by atoms with E-state index in [1.165, 1.54) is 25.7 Å². The number of hydrogen-bond donors (Lipinski definition) is 1. The summed E-state index contributed by atoms with van der Waals surface area (Å²) in [5, 5.41) is 14.5. The molecule has 1 aromatic carbocycles. The van der Waals surface area contributed by atoms with Crippen LogP contribution >= 0.6 is 0 Å². The second kappa shape index (κ2) is 6.35. The first-order chi connectivity index (χ1) is 9.48. The van der Waals surface area contributed by atoms with Gasteiger partial charge in [-0.1, -0.05) is 38.5 Å². The molecule has 110 valence electrons. The van der Waals surface area contributed by atoms with Gasteiger partial charge in [0.15, 0.2) is 0 Å². The Morgan fingerprint density at radius 1 is 1.30 bits per heavy atom. The number of para-hydroxylation sites is 1. The maximum atomic E-state index is 11.0. The lowest BCUT2D eigenvalue weighted by atomic mass is 9.85. The molecule has 0 saturated heterocycles. The first kappa shape index (κ1) is 15.0. The molecule has 0 bridgehead atoms. The number of rotatable bonds is 4. The van der Waals surface area contributed by atoms with Crippen LogP contribution in [0.3, 0.4) is 0 Å². The molecule has 0 amide bonds. The third-order valence-electron chi connectivity index (χ3n) is 4.35. The molecule has 1 aliphatic carbocycles. The Balaban J connectivity index is 1.94. The van der Waals surface area contributed by atoms with Gasteiger partial charge in [0.2, 0.25) is 0 Å². The fourth-order valence-electron chi connectivity index (χ4n) is 2.96. The van der Waals surface area contributed by atoms with E-state index in [1.54, 1.807) is 12.1 Å². The quantitative estimate of drug-likeness (QED) is 0.513. The highest BCUT2D eigenvalue weighted by Crippen LogP contribution is 2.33. The Morgan fingerprint density at radius 2 is 2.05 bits per heavy atom. The Labute approximate surface area is 120 Å². The van der Waals surface area contributed by atoms with Crippen molar-refractivity contribution in [3.63, 3.8) is 0 Å². The largest absolute Gasteiger partial charge is 0.310 e. The summed E-state index contributed by atoms with van der Waals surface area (Å²) in [5.41, 5.74) is 1.43. The first-order valence-electron chi connectivity index (χ1n) is 7.44. The lowest BCUT2D eigenvalue weighted by Crippen LogP contribution is -2.28. The SMILES string of the molecule is CC1(C)CCCC(NCc2ccccc2[N+](=O)[O-])CC1. The molecule has 0 aromatic heterocycles. The molecular weight excluding hydrogens is 252 g/mol. The number of benzene rings is 1. The van der Waals surface area contributed by atoms with E-state index >= 15 is 0 Å². The van der Waals surface area contributed by atoms with Gasteiger partial charge in [-0.05, 0) is 31.1 Å². The van der Waals surface area contributed by atoms with Gasteiger partial charge in [-0.25, -0.2) is 0 Å². The summed E-state index contributed by atoms with van der Waals surface area (Å²) < 4.78 is 0. The standard InChI is InChI=1S/C16H24N2O2/c1-16(2)10-5-7-14(9-11-16)17-12-13-6-3-4-8-15(13)18(19)20/h3-4,6,8,14,17H,5,7,9-12H2,1-2H3. The molecule has 1 aromatic rings. The molecule has 0 heterocycles. The fraction of sp³-hybridized carbons (Fsp3) is 0.625. The minimum Gasteiger partial charge on any atom is -0.310 e. The van der Waals surface area contributed by atoms with Crippen molar-refractivity contribution in [2.75, 3.05) is 0 Å². The van der Waals surface area contributed by atoms with E-state index in [-0.39, 0.29) is 10.6 Å². The van der Waals surface area contributed by atoms with Gasteiger partial charge in [-0.3, -0.25) is 10.1 Å². The van der Waals surface area contributed by atoms with Crippen LogP contribution < -0.4 is 5.32 Å². The summed E-state index contributed by atoms with van der Waals surface area (Å²) in [6, 6.07) is 7.48. The predicted molar refractivity (Wildman–Crippen MR) is 80.6 cm³/mol. The van der Waals surface area contributed by atoms with Crippen molar-refractivity contribution in [1.29, 1.82) is 0 Å². The fourth-order valence-corrected chi connectivity index (χ4v) is 2.96. The average molecular weight is 276 g/mol. The van der Waals surface area contributed by atoms with Crippen LogP contribution in [0.15, 0.2) is 24.3 Å². The molecule has 1 unspecified atom stereocenters. The van der Waals surface area contributed by atoms with Crippen molar-refractivity contribution < 1.29 is 4.92 Å². The van der Waals surface area contributed by atoms with Crippen LogP contribution in [0.5, 0.6) is 0 Å². The van der Waals surface area contributed by atoms with Gasteiger partial charge >= 0.3 is 0 Å². The lowest BCUT2D eigenvalue weighted by molar-refractivity contribution is -0.385. The molecule has 1 N–H and O–H groups in total. The monoisotopic (exact) mass is 276 g/mol. The zero-order valence-corrected chi connectivity index (χ0v) is 12.4. The van der Waals surface area contributed by atoms with Crippen LogP contribution in [0.1, 0.15) is 51.5 Å². The average Bonchev–Trinajstić information content (AvgIpc) is 2.57. The van der Waals surface area contributed by atoms with E-state index in [9.17, 15) is 10.1 Å². The van der Waals surface area contributed by atoms with Crippen molar-refractivity contribution in [2.45, 2.75) is 58.5 Å². The molecule has 1 atom stereocenters. The molecule has 1 saturated carbocycles. The second-order valence-electron chi connectivity index (χ2n) is 6.56. The summed E-state index contributed by atoms with van der Waals surface area (Å²) in [6.07, 6.45) is 6.07. The summed E-state index contributed by atoms with van der Waals surface area (Å²) in [4.78, 5) is 10.7. The van der Waals surface area contributed by atoms with Crippen LogP contribution in [0.2, 0.25) is 0 Å². The Kier molecular flexibility index (Phi) is 4.76. The highest BCUT2D eigenvalue weighted by molar-refractivity contribution is 5.39. The zero-order chi connectivity index (χ0) is 14.6. The van der Waals surface area contributed by atoms with Gasteiger partial charge < -0.3 is 5.32 Å². The highest BCUT2D eigenvalue weighted by atomic mass is 16.6. The number of hydrogen-bond acceptors (Lipinski definition) is 3. The second-order valence-corrected chi connectivity index (χ2v) is 6.56. The van der Waals surface area contributed by atoms with Crippen LogP contribution in [-0.2, 0) is 6.54 Å². The van der Waals surface area contributed by atoms with Crippen LogP contribution in [0.25, 0.3) is 0 Å². The lowest BCUT2D eigenvalue weighted by Gasteiger charge is -2.22. The molecular formula is C16H24N2O2. The van der Waals surface area contributed by atoms with Crippen molar-refractivity contribution in [3.8, 4) is 0 Å². The van der Waals surface area contributed by atoms with Gasteiger partial charge in [0.05, 0.1) is 4.92 Å². The maximum Gasteiger partial charge on any atom is 0.273 e. The first-order valence-corrected chi connectivity index (χ1v) is 7.44. The molecule has 0 radical (unpaired) electrons. The summed E-state index contributed by atoms with van der Waals surface area (Å²) in [6.45, 7) is 5.25. The molecule has 4 heteroatoms. The molecule has 0 aliphatic heterocycles. The molecule has 20 heavy (non-hydrogen) atoms. The van der Waals surface area contributed by atoms with Gasteiger partial charge in [0, 0.05) is 24.2 Å². The minimum absolute atomic E-state index is 0.217. The number of nitrogens with zero attached hydrogens (tertiary/aromatic N) is 1. The van der Waals surface area contributed by atoms with E-state index < -0.39 is 0 Å². The molecule has 4 nitrogen and oxygen atoms in total. The van der Waals surface area contributed by atoms with Crippen LogP contribution in [0.4, 0.5) is 5.69 Å². The Hall–Kier alpha value is -1.42. The van der Waals surface area contributed by atoms with Gasteiger partial charge in [0.1, 0.15) is 0 Å². The van der Waals surface area contributed by atoms with Crippen LogP contribution in [0, 0.1) is 15.5 Å². The van der Waals surface area contributed by atoms with Crippen molar-refractivity contribution >= 4 is 5.69 Å². The van der Waals surface area contributed by atoms with E-state index in [0.29, 0.717) is 18.0 Å². The third kappa shape index (κ3) is 4.04. The van der Waals surface area contributed by atoms with Gasteiger partial charge in [-0.15, -0.1) is 0 Å². The third-order valence-corrected chi connectivity index (χ3v) is 4.35. The minimum atomic E-state index is -0.298. The Morgan fingerprint density at radius 3 is 2.80 bits per heavy atom. The van der Waals surface area contributed by atoms with E-state index in [0.717, 1.165) is 12.0 Å². The van der Waals surface area contributed by atoms with Crippen molar-refractivity contribution in [1.82, 2.24) is 5.32 Å². The molecule has 1 fully saturated rings. The van der Waals surface area contributed by atoms with Crippen LogP contribution in [-0.4, -0.2) is 11.0 Å². The Bertz CT molecular complexity index is 471. The maximum absolute atomic E-state index is 11.0. The van der Waals surface area contributed by atoms with Crippen molar-refractivity contribution in [2.24, 2.45) is 5.41 Å². The zero-order valence-electron chi connectivity index (χ0n) is 12.4. The van der Waals surface area contributed by atoms with E-state index in [1.807, 2.05) is 12.1 Å². The topological polar surface area (TPSA) is 55.2 Å². The van der Waals surface area contributed by atoms with Gasteiger partial charge in [-0.2, -0.15) is 0 Å². The normalized spacial score (nSPS) is 22.2. The highest BCUT2D eigenvalue weighted by Gasteiger charge is 2.24. The van der Waals surface area contributed by atoms with E-state index in [2.05, 4.69) is 19.2 Å². The number of nitro groups is 1. The summed E-state index contributed by atoms with van der Waals surface area (Å²) in [5.74, 6) is 0. The van der Waals surface area contributed by atoms with Crippen molar-refractivity contribution in [3.05, 3.63) is 39.9 Å². The predicted octanol–water partition coefficient (Wildman–Crippen LogP) is 4.04. The van der Waals surface area contributed by atoms with E-state index in [4.69, 9.17) is 0 Å². The summed E-state index contributed by atoms with van der Waals surface area (Å²) in [7, 11) is 0. The summed E-state index contributed by atoms with van der Waals surface area (Å²) >= 11 is 0. The number of nitrogens with one attached hydrogen (secondary N) is 1. The molecule has 1 aliphatic rings. The smallest absolute Gasteiger partial charge is 0.273 e. The number of nitro benzene ring substituents is 1. The molecule has 2 rings (SSSR count). The molecule has 0 spiro atoms. The van der Waals surface area contributed by atoms with Gasteiger partial charge in [0.25, 0.3) is 5.69 Å².